The molecule has 1 fully saturated rings. The lowest BCUT2D eigenvalue weighted by atomic mass is 9.99. The summed E-state index contributed by atoms with van der Waals surface area (Å²) in [5.74, 6) is 6.45. The first-order valence-corrected chi connectivity index (χ1v) is 15.9. The van der Waals surface area contributed by atoms with Crippen molar-refractivity contribution in [2.45, 2.75) is 46.2 Å². The number of hydrogen-bond acceptors (Lipinski definition) is 6. The third-order valence-electron chi connectivity index (χ3n) is 8.88. The Labute approximate surface area is 271 Å². The molecule has 1 atom stereocenters. The minimum Gasteiger partial charge on any atom is -0.350 e. The molecule has 0 radical (unpaired) electrons. The van der Waals surface area contributed by atoms with Crippen LogP contribution >= 0.6 is 0 Å². The molecule has 9 heteroatoms. The number of aryl methyl sites for hydroxylation is 4. The standard InChI is InChI=1S/C37H42N8O/c1-7-27-18-30(12-10-29(27)22-44-16-14-33(24-44)42(4)5)41-37(46)34-19-28(25(2)17-26(34)3)11-13-32-21-38-36-35(9-8-15-45(32)36)40-31-20-39-43(6)23-31/h8-10,12,15,17-21,23,33,40H,7,14,16,22,24H2,1-6H3,(H,41,46). The van der Waals surface area contributed by atoms with Crippen LogP contribution in [0.4, 0.5) is 17.1 Å². The highest BCUT2D eigenvalue weighted by molar-refractivity contribution is 6.05. The predicted octanol–water partition coefficient (Wildman–Crippen LogP) is 5.78. The number of likely N-dealkylation sites (tertiary alicyclic amines) is 1. The fourth-order valence-corrected chi connectivity index (χ4v) is 6.21. The second-order valence-corrected chi connectivity index (χ2v) is 12.5. The Morgan fingerprint density at radius 2 is 1.89 bits per heavy atom. The molecule has 9 nitrogen and oxygen atoms in total. The molecule has 1 aliphatic heterocycles. The Bertz CT molecular complexity index is 1960. The van der Waals surface area contributed by atoms with Crippen molar-refractivity contribution in [3.8, 4) is 11.8 Å². The Morgan fingerprint density at radius 1 is 1.04 bits per heavy atom. The Balaban J connectivity index is 1.19. The molecule has 236 valence electrons. The van der Waals surface area contributed by atoms with Gasteiger partial charge in [0.15, 0.2) is 5.65 Å². The van der Waals surface area contributed by atoms with E-state index in [0.29, 0.717) is 11.6 Å². The van der Waals surface area contributed by atoms with Crippen molar-refractivity contribution in [2.24, 2.45) is 7.05 Å². The lowest BCUT2D eigenvalue weighted by Gasteiger charge is -2.21. The summed E-state index contributed by atoms with van der Waals surface area (Å²) < 4.78 is 3.71. The fourth-order valence-electron chi connectivity index (χ4n) is 6.21. The van der Waals surface area contributed by atoms with Gasteiger partial charge in [0.05, 0.1) is 23.8 Å². The number of anilines is 3. The minimum absolute atomic E-state index is 0.135. The maximum Gasteiger partial charge on any atom is 0.255 e. The lowest BCUT2D eigenvalue weighted by molar-refractivity contribution is 0.102. The smallest absolute Gasteiger partial charge is 0.255 e. The summed E-state index contributed by atoms with van der Waals surface area (Å²) in [6, 6.07) is 14.8. The number of nitrogens with one attached hydrogen (secondary N) is 2. The van der Waals surface area contributed by atoms with Gasteiger partial charge < -0.3 is 15.5 Å². The lowest BCUT2D eigenvalue weighted by Crippen LogP contribution is -2.31. The van der Waals surface area contributed by atoms with E-state index in [1.807, 2.05) is 68.0 Å². The zero-order chi connectivity index (χ0) is 32.4. The zero-order valence-corrected chi connectivity index (χ0v) is 27.6. The first-order valence-electron chi connectivity index (χ1n) is 15.9. The topological polar surface area (TPSA) is 82.7 Å². The van der Waals surface area contributed by atoms with Crippen molar-refractivity contribution in [2.75, 3.05) is 37.8 Å². The second-order valence-electron chi connectivity index (χ2n) is 12.5. The van der Waals surface area contributed by atoms with Gasteiger partial charge in [-0.1, -0.05) is 25.0 Å². The molecule has 4 heterocycles. The Hall–Kier alpha value is -4.91. The second kappa shape index (κ2) is 13.2. The van der Waals surface area contributed by atoms with Crippen LogP contribution in [-0.2, 0) is 20.0 Å². The maximum absolute atomic E-state index is 13.6. The summed E-state index contributed by atoms with van der Waals surface area (Å²) in [4.78, 5) is 23.0. The number of carbonyl (C=O) groups is 1. The highest BCUT2D eigenvalue weighted by Crippen LogP contribution is 2.24. The van der Waals surface area contributed by atoms with Crippen LogP contribution in [-0.4, -0.2) is 68.1 Å². The number of aromatic nitrogens is 4. The third kappa shape index (κ3) is 6.69. The molecule has 2 N–H and O–H groups in total. The number of benzene rings is 2. The molecule has 0 spiro atoms. The van der Waals surface area contributed by atoms with Crippen molar-refractivity contribution in [3.63, 3.8) is 0 Å². The molecule has 2 aromatic carbocycles. The van der Waals surface area contributed by atoms with Gasteiger partial charge in [-0.15, -0.1) is 0 Å². The van der Waals surface area contributed by atoms with E-state index in [-0.39, 0.29) is 5.91 Å². The van der Waals surface area contributed by atoms with Gasteiger partial charge >= 0.3 is 0 Å². The minimum atomic E-state index is -0.135. The van der Waals surface area contributed by atoms with E-state index < -0.39 is 0 Å². The van der Waals surface area contributed by atoms with Crippen LogP contribution in [0.15, 0.2) is 67.3 Å². The van der Waals surface area contributed by atoms with E-state index in [1.54, 1.807) is 17.1 Å². The molecule has 1 amide bonds. The maximum atomic E-state index is 13.6. The number of likely N-dealkylation sites (N-methyl/N-ethyl adjacent to an activating group) is 1. The van der Waals surface area contributed by atoms with Gasteiger partial charge in [0.25, 0.3) is 5.91 Å². The molecule has 6 rings (SSSR count). The Kier molecular flexibility index (Phi) is 8.93. The van der Waals surface area contributed by atoms with E-state index in [2.05, 4.69) is 75.5 Å². The number of rotatable bonds is 8. The number of imidazole rings is 1. The van der Waals surface area contributed by atoms with Gasteiger partial charge in [0, 0.05) is 61.9 Å². The van der Waals surface area contributed by atoms with Crippen molar-refractivity contribution >= 4 is 28.6 Å². The van der Waals surface area contributed by atoms with Crippen LogP contribution in [0.5, 0.6) is 0 Å². The SMILES string of the molecule is CCc1cc(NC(=O)c2cc(C#Cc3cnc4c(Nc5cnn(C)c5)cccn34)c(C)cc2C)ccc1CN1CCC(N(C)C)C1. The van der Waals surface area contributed by atoms with E-state index in [9.17, 15) is 4.79 Å². The van der Waals surface area contributed by atoms with Gasteiger partial charge in [-0.25, -0.2) is 4.98 Å². The third-order valence-corrected chi connectivity index (χ3v) is 8.88. The number of nitrogens with zero attached hydrogens (tertiary/aromatic N) is 6. The van der Waals surface area contributed by atoms with Gasteiger partial charge in [0.1, 0.15) is 5.69 Å². The predicted molar refractivity (Wildman–Crippen MR) is 185 cm³/mol. The van der Waals surface area contributed by atoms with Crippen LogP contribution in [0.1, 0.15) is 57.2 Å². The first kappa shape index (κ1) is 31.1. The van der Waals surface area contributed by atoms with Gasteiger partial charge in [-0.2, -0.15) is 5.10 Å². The quantitative estimate of drug-likeness (QED) is 0.216. The average Bonchev–Trinajstić information content (AvgIpc) is 3.78. The van der Waals surface area contributed by atoms with Crippen LogP contribution < -0.4 is 10.6 Å². The molecule has 0 bridgehead atoms. The van der Waals surface area contributed by atoms with Gasteiger partial charge in [-0.3, -0.25) is 18.8 Å². The molecule has 46 heavy (non-hydrogen) atoms. The van der Waals surface area contributed by atoms with Crippen LogP contribution in [0, 0.1) is 25.7 Å². The number of amides is 1. The summed E-state index contributed by atoms with van der Waals surface area (Å²) >= 11 is 0. The molecule has 1 saturated heterocycles. The van der Waals surface area contributed by atoms with Crippen LogP contribution in [0.25, 0.3) is 5.65 Å². The number of fused-ring (bicyclic) bond motifs is 1. The summed E-state index contributed by atoms with van der Waals surface area (Å²) in [6.07, 6.45) is 9.52. The van der Waals surface area contributed by atoms with Gasteiger partial charge in [-0.05, 0) is 99.3 Å². The monoisotopic (exact) mass is 614 g/mol. The van der Waals surface area contributed by atoms with E-state index >= 15 is 0 Å². The number of hydrogen-bond donors (Lipinski definition) is 2. The van der Waals surface area contributed by atoms with E-state index in [0.717, 1.165) is 71.1 Å². The molecule has 0 saturated carbocycles. The van der Waals surface area contributed by atoms with E-state index in [1.165, 1.54) is 17.5 Å². The van der Waals surface area contributed by atoms with Crippen molar-refractivity contribution in [3.05, 3.63) is 106 Å². The largest absolute Gasteiger partial charge is 0.350 e. The summed E-state index contributed by atoms with van der Waals surface area (Å²) in [7, 11) is 6.20. The van der Waals surface area contributed by atoms with Crippen LogP contribution in [0.3, 0.4) is 0 Å². The van der Waals surface area contributed by atoms with Crippen molar-refractivity contribution < 1.29 is 4.79 Å². The highest BCUT2D eigenvalue weighted by Gasteiger charge is 2.24. The summed E-state index contributed by atoms with van der Waals surface area (Å²) in [6.45, 7) is 9.32. The molecule has 1 aliphatic rings. The van der Waals surface area contributed by atoms with E-state index in [4.69, 9.17) is 0 Å². The number of carbonyl (C=O) groups excluding carboxylic acids is 1. The van der Waals surface area contributed by atoms with Crippen molar-refractivity contribution in [1.29, 1.82) is 0 Å². The zero-order valence-electron chi connectivity index (χ0n) is 27.6. The average molecular weight is 615 g/mol. The fraction of sp³-hybridized carbons (Fsp3) is 0.324. The molecular weight excluding hydrogens is 572 g/mol. The molecule has 0 aliphatic carbocycles. The highest BCUT2D eigenvalue weighted by atomic mass is 16.1. The number of pyridine rings is 1. The molecule has 3 aromatic heterocycles. The summed E-state index contributed by atoms with van der Waals surface area (Å²) in [5, 5.41) is 10.8. The summed E-state index contributed by atoms with van der Waals surface area (Å²) in [5.41, 5.74) is 10.0. The molecular formula is C37H42N8O. The Morgan fingerprint density at radius 3 is 2.63 bits per heavy atom. The molecule has 1 unspecified atom stereocenters. The van der Waals surface area contributed by atoms with Gasteiger partial charge in [0.2, 0.25) is 0 Å². The first-order chi connectivity index (χ1) is 22.2. The van der Waals surface area contributed by atoms with Crippen molar-refractivity contribution in [1.82, 2.24) is 29.0 Å². The molecule has 5 aromatic rings. The normalized spacial score (nSPS) is 14.9. The van der Waals surface area contributed by atoms with Crippen LogP contribution in [0.2, 0.25) is 0 Å².